The van der Waals surface area contributed by atoms with Gasteiger partial charge in [0.1, 0.15) is 28.0 Å². The normalized spacial score (nSPS) is 19.9. The second kappa shape index (κ2) is 14.9. The summed E-state index contributed by atoms with van der Waals surface area (Å²) in [5.41, 5.74) is 1.11. The summed E-state index contributed by atoms with van der Waals surface area (Å²) in [7, 11) is -3.37. The molecule has 5 rings (SSSR count). The maximum Gasteiger partial charge on any atom is 0.410 e. The molecule has 1 aromatic heterocycles. The van der Waals surface area contributed by atoms with Gasteiger partial charge in [0.15, 0.2) is 0 Å². The Kier molecular flexibility index (Phi) is 11.2. The van der Waals surface area contributed by atoms with Crippen molar-refractivity contribution < 1.29 is 38.0 Å². The summed E-state index contributed by atoms with van der Waals surface area (Å²) in [6.07, 6.45) is 2.02. The highest BCUT2D eigenvalue weighted by Gasteiger charge is 2.40. The van der Waals surface area contributed by atoms with Crippen LogP contribution in [0.5, 0.6) is 5.75 Å². The summed E-state index contributed by atoms with van der Waals surface area (Å²) in [5.74, 6) is -0.250. The number of amides is 1. The minimum atomic E-state index is -3.37. The van der Waals surface area contributed by atoms with E-state index >= 15 is 0 Å². The van der Waals surface area contributed by atoms with Crippen molar-refractivity contribution in [1.82, 2.24) is 24.2 Å². The first-order valence-electron chi connectivity index (χ1n) is 17.0. The van der Waals surface area contributed by atoms with Crippen LogP contribution in [0, 0.1) is 18.3 Å². The molecule has 14 heteroatoms. The summed E-state index contributed by atoms with van der Waals surface area (Å²) in [5, 5.41) is 18.8. The molecule has 2 aliphatic heterocycles. The lowest BCUT2D eigenvalue weighted by atomic mass is 9.81. The van der Waals surface area contributed by atoms with Crippen molar-refractivity contribution in [2.24, 2.45) is 11.3 Å². The second-order valence-corrected chi connectivity index (χ2v) is 17.0. The van der Waals surface area contributed by atoms with Crippen LogP contribution in [0.4, 0.5) is 4.79 Å². The van der Waals surface area contributed by atoms with E-state index in [1.165, 1.54) is 0 Å². The fourth-order valence-electron chi connectivity index (χ4n) is 6.31. The lowest BCUT2D eigenvalue weighted by Gasteiger charge is -2.42. The number of para-hydroxylation sites is 1. The zero-order valence-corrected chi connectivity index (χ0v) is 30.9. The first-order chi connectivity index (χ1) is 23.4. The highest BCUT2D eigenvalue weighted by Crippen LogP contribution is 2.57. The summed E-state index contributed by atoms with van der Waals surface area (Å²) in [4.78, 5) is 27.0. The molecule has 2 atom stereocenters. The number of aryl methyl sites for hydroxylation is 1. The van der Waals surface area contributed by atoms with Crippen LogP contribution in [-0.4, -0.2) is 81.8 Å². The number of rotatable bonds is 10. The zero-order valence-electron chi connectivity index (χ0n) is 30.0. The molecule has 274 valence electrons. The Morgan fingerprint density at radius 2 is 1.78 bits per heavy atom. The molecule has 0 radical (unpaired) electrons. The van der Waals surface area contributed by atoms with Gasteiger partial charge in [0, 0.05) is 26.2 Å². The number of fused-ring (bicyclic) bond motifs is 1. The molecule has 0 bridgehead atoms. The van der Waals surface area contributed by atoms with E-state index in [2.05, 4.69) is 10.3 Å². The van der Waals surface area contributed by atoms with Crippen molar-refractivity contribution in [3.8, 4) is 5.75 Å². The van der Waals surface area contributed by atoms with Crippen LogP contribution in [0.3, 0.4) is 0 Å². The molecule has 1 amide bonds. The number of aromatic nitrogens is 3. The van der Waals surface area contributed by atoms with Gasteiger partial charge < -0.3 is 24.2 Å². The minimum absolute atomic E-state index is 0.0416. The van der Waals surface area contributed by atoms with Gasteiger partial charge in [0.2, 0.25) is 0 Å². The van der Waals surface area contributed by atoms with Crippen LogP contribution in [0.2, 0.25) is 0 Å². The molecule has 0 aliphatic carbocycles. The van der Waals surface area contributed by atoms with E-state index in [1.54, 1.807) is 52.0 Å². The number of likely N-dealkylation sites (tertiary alicyclic amines) is 1. The number of ether oxygens (including phenoxy) is 3. The molecule has 2 aliphatic rings. The third-order valence-electron chi connectivity index (χ3n) is 9.22. The molecule has 3 N–H and O–H groups in total. The van der Waals surface area contributed by atoms with Gasteiger partial charge in [-0.1, -0.05) is 35.5 Å². The van der Waals surface area contributed by atoms with Crippen molar-refractivity contribution in [3.63, 3.8) is 0 Å². The van der Waals surface area contributed by atoms with E-state index in [0.717, 1.165) is 24.0 Å². The van der Waals surface area contributed by atoms with Crippen LogP contribution in [0.15, 0.2) is 53.6 Å². The Bertz CT molecular complexity index is 1660. The lowest BCUT2D eigenvalue weighted by Crippen LogP contribution is -2.42. The van der Waals surface area contributed by atoms with Gasteiger partial charge in [-0.3, -0.25) is 18.6 Å². The largest absolute Gasteiger partial charge is 0.487 e. The number of hydrogen-bond donors (Lipinski definition) is 3. The molecule has 2 unspecified atom stereocenters. The average molecular weight is 714 g/mol. The standard InChI is InChI=1S/C36H51N5O8S/c1-24-12-13-27(18-28(24)21-41-19-25(2)48-30-10-8-9-11-31(30)50(41,45)46)32(36(6,7)33(42)43)47-23-29-22-40(38-37-29)20-26-14-16-39(17-15-26)34(44)49-35(3,4)5/h8-13,18,22,25-26,32,45-46H,14-17,19-21,23H2,1-7H3,(H,42,43). The van der Waals surface area contributed by atoms with E-state index in [4.69, 9.17) is 14.2 Å². The number of carbonyl (C=O) groups is 2. The average Bonchev–Trinajstić information content (AvgIpc) is 3.45. The van der Waals surface area contributed by atoms with Gasteiger partial charge in [0.05, 0.1) is 30.9 Å². The molecule has 3 heterocycles. The predicted molar refractivity (Wildman–Crippen MR) is 189 cm³/mol. The minimum Gasteiger partial charge on any atom is -0.487 e. The number of nitrogens with zero attached hydrogens (tertiary/aromatic N) is 5. The fraction of sp³-hybridized carbons (Fsp3) is 0.556. The molecular weight excluding hydrogens is 662 g/mol. The maximum absolute atomic E-state index is 12.5. The number of hydrogen-bond acceptors (Lipinski definition) is 10. The van der Waals surface area contributed by atoms with Crippen LogP contribution in [0.25, 0.3) is 0 Å². The van der Waals surface area contributed by atoms with E-state index in [9.17, 15) is 23.8 Å². The molecule has 0 spiro atoms. The molecule has 2 aromatic carbocycles. The number of benzene rings is 2. The lowest BCUT2D eigenvalue weighted by molar-refractivity contribution is -0.158. The third-order valence-corrected chi connectivity index (χ3v) is 11.1. The second-order valence-electron chi connectivity index (χ2n) is 15.0. The maximum atomic E-state index is 12.5. The summed E-state index contributed by atoms with van der Waals surface area (Å²) in [6.45, 7) is 15.1. The first-order valence-corrected chi connectivity index (χ1v) is 18.5. The molecule has 50 heavy (non-hydrogen) atoms. The van der Waals surface area contributed by atoms with Crippen LogP contribution in [-0.2, 0) is 34.0 Å². The van der Waals surface area contributed by atoms with Gasteiger partial charge in [-0.15, -0.1) is 15.9 Å². The summed E-state index contributed by atoms with van der Waals surface area (Å²) in [6, 6.07) is 12.6. The number of aliphatic carboxylic acids is 1. The van der Waals surface area contributed by atoms with E-state index in [-0.39, 0.29) is 31.9 Å². The SMILES string of the molecule is Cc1ccc(C(OCc2cn(CC3CCN(C(=O)OC(C)(C)C)CC3)nn2)C(C)(C)C(=O)O)cc1CN1CC(C)Oc2ccccc2S1(O)O. The van der Waals surface area contributed by atoms with Crippen molar-refractivity contribution in [2.45, 2.75) is 104 Å². The Labute approximate surface area is 296 Å². The van der Waals surface area contributed by atoms with E-state index in [1.807, 2.05) is 59.0 Å². The van der Waals surface area contributed by atoms with Gasteiger partial charge in [-0.05, 0) is 96.0 Å². The van der Waals surface area contributed by atoms with E-state index < -0.39 is 33.9 Å². The van der Waals surface area contributed by atoms with Crippen molar-refractivity contribution >= 4 is 22.8 Å². The van der Waals surface area contributed by atoms with Gasteiger partial charge in [0.25, 0.3) is 0 Å². The number of carboxylic acids is 1. The number of piperidine rings is 1. The van der Waals surface area contributed by atoms with Crippen molar-refractivity contribution in [2.75, 3.05) is 19.6 Å². The van der Waals surface area contributed by atoms with Crippen molar-refractivity contribution in [1.29, 1.82) is 0 Å². The van der Waals surface area contributed by atoms with Crippen LogP contribution in [0.1, 0.15) is 82.9 Å². The van der Waals surface area contributed by atoms with Crippen LogP contribution < -0.4 is 4.74 Å². The summed E-state index contributed by atoms with van der Waals surface area (Å²) < 4.78 is 44.2. The molecule has 13 nitrogen and oxygen atoms in total. The Balaban J connectivity index is 1.28. The third kappa shape index (κ3) is 8.78. The number of carboxylic acid groups (broad SMARTS) is 1. The van der Waals surface area contributed by atoms with Gasteiger partial charge in [-0.25, -0.2) is 4.79 Å². The monoisotopic (exact) mass is 713 g/mol. The molecule has 1 saturated heterocycles. The Morgan fingerprint density at radius 3 is 2.46 bits per heavy atom. The molecule has 3 aromatic rings. The smallest absolute Gasteiger partial charge is 0.410 e. The van der Waals surface area contributed by atoms with Gasteiger partial charge >= 0.3 is 12.1 Å². The zero-order chi connectivity index (χ0) is 36.4. The fourth-order valence-corrected chi connectivity index (χ4v) is 7.97. The van der Waals surface area contributed by atoms with Crippen LogP contribution >= 0.6 is 10.8 Å². The van der Waals surface area contributed by atoms with E-state index in [0.29, 0.717) is 47.5 Å². The Morgan fingerprint density at radius 1 is 1.08 bits per heavy atom. The molecule has 1 fully saturated rings. The Hall–Kier alpha value is -3.69. The number of carbonyl (C=O) groups excluding carboxylic acids is 1. The molecule has 0 saturated carbocycles. The van der Waals surface area contributed by atoms with Gasteiger partial charge in [-0.2, -0.15) is 4.31 Å². The first kappa shape index (κ1) is 37.6. The quantitative estimate of drug-likeness (QED) is 0.200. The summed E-state index contributed by atoms with van der Waals surface area (Å²) >= 11 is 0. The highest BCUT2D eigenvalue weighted by molar-refractivity contribution is 8.22. The topological polar surface area (TPSA) is 160 Å². The van der Waals surface area contributed by atoms with Crippen molar-refractivity contribution in [3.05, 3.63) is 71.0 Å². The predicted octanol–water partition coefficient (Wildman–Crippen LogP) is 6.91. The molecular formula is C36H51N5O8S. The highest BCUT2D eigenvalue weighted by atomic mass is 32.3.